The summed E-state index contributed by atoms with van der Waals surface area (Å²) in [7, 11) is 0. The van der Waals surface area contributed by atoms with Crippen molar-refractivity contribution in [1.82, 2.24) is 0 Å². The zero-order valence-electron chi connectivity index (χ0n) is 10.9. The summed E-state index contributed by atoms with van der Waals surface area (Å²) >= 11 is 8.68. The van der Waals surface area contributed by atoms with E-state index in [1.807, 2.05) is 12.1 Å². The van der Waals surface area contributed by atoms with Gasteiger partial charge in [-0.05, 0) is 36.5 Å². The molecular formula is C14H19BrN2S. The van der Waals surface area contributed by atoms with E-state index in [4.69, 9.17) is 18.0 Å². The fraction of sp³-hybridized carbons (Fsp3) is 0.500. The molecule has 0 amide bonds. The average molecular weight is 327 g/mol. The van der Waals surface area contributed by atoms with E-state index in [1.54, 1.807) is 0 Å². The molecule has 0 unspecified atom stereocenters. The number of anilines is 1. The first-order valence-electron chi connectivity index (χ1n) is 6.23. The van der Waals surface area contributed by atoms with Gasteiger partial charge in [-0.2, -0.15) is 0 Å². The van der Waals surface area contributed by atoms with Crippen molar-refractivity contribution in [1.29, 1.82) is 0 Å². The summed E-state index contributed by atoms with van der Waals surface area (Å²) in [5.74, 6) is 0. The Kier molecular flexibility index (Phi) is 3.97. The van der Waals surface area contributed by atoms with Crippen LogP contribution in [0, 0.1) is 5.41 Å². The van der Waals surface area contributed by atoms with Crippen LogP contribution in [0.2, 0.25) is 0 Å². The summed E-state index contributed by atoms with van der Waals surface area (Å²) in [4.78, 5) is 2.88. The van der Waals surface area contributed by atoms with Crippen molar-refractivity contribution in [2.75, 3.05) is 18.0 Å². The van der Waals surface area contributed by atoms with E-state index in [1.165, 1.54) is 12.8 Å². The molecular weight excluding hydrogens is 308 g/mol. The third kappa shape index (κ3) is 3.04. The van der Waals surface area contributed by atoms with E-state index in [0.717, 1.165) is 28.8 Å². The molecule has 0 bridgehead atoms. The highest BCUT2D eigenvalue weighted by atomic mass is 79.9. The van der Waals surface area contributed by atoms with Gasteiger partial charge in [-0.1, -0.05) is 42.0 Å². The quantitative estimate of drug-likeness (QED) is 0.840. The number of hydrogen-bond donors (Lipinski definition) is 1. The standard InChI is InChI=1S/C14H19BrN2S/c1-14(2)6-3-7-17(9-14)12-8-10(15)4-5-11(12)13(16)18/h4-5,8H,3,6-7,9H2,1-2H3,(H2,16,18). The van der Waals surface area contributed by atoms with Crippen LogP contribution in [0.3, 0.4) is 0 Å². The van der Waals surface area contributed by atoms with Crippen LogP contribution in [-0.4, -0.2) is 18.1 Å². The molecule has 0 spiro atoms. The Hall–Kier alpha value is -0.610. The molecule has 0 aromatic heterocycles. The summed E-state index contributed by atoms with van der Waals surface area (Å²) in [5.41, 5.74) is 8.32. The fourth-order valence-corrected chi connectivity index (χ4v) is 3.13. The molecule has 98 valence electrons. The predicted molar refractivity (Wildman–Crippen MR) is 85.3 cm³/mol. The Bertz CT molecular complexity index is 471. The lowest BCUT2D eigenvalue weighted by molar-refractivity contribution is 0.293. The summed E-state index contributed by atoms with van der Waals surface area (Å²) in [6.07, 6.45) is 2.50. The second-order valence-corrected chi connectivity index (χ2v) is 7.07. The monoisotopic (exact) mass is 326 g/mol. The van der Waals surface area contributed by atoms with Crippen molar-refractivity contribution in [2.45, 2.75) is 26.7 Å². The average Bonchev–Trinajstić information content (AvgIpc) is 2.27. The number of thiocarbonyl (C=S) groups is 1. The second-order valence-electron chi connectivity index (χ2n) is 5.72. The number of nitrogens with zero attached hydrogens (tertiary/aromatic N) is 1. The molecule has 1 aliphatic rings. The van der Waals surface area contributed by atoms with Gasteiger partial charge in [-0.3, -0.25) is 0 Å². The van der Waals surface area contributed by atoms with Crippen molar-refractivity contribution in [2.24, 2.45) is 11.1 Å². The van der Waals surface area contributed by atoms with Crippen LogP contribution in [0.4, 0.5) is 5.69 Å². The number of benzene rings is 1. The van der Waals surface area contributed by atoms with Crippen LogP contribution in [-0.2, 0) is 0 Å². The third-order valence-electron chi connectivity index (χ3n) is 3.47. The van der Waals surface area contributed by atoms with E-state index < -0.39 is 0 Å². The first-order chi connectivity index (χ1) is 8.39. The summed E-state index contributed by atoms with van der Waals surface area (Å²) in [5, 5.41) is 0. The van der Waals surface area contributed by atoms with Crippen molar-refractivity contribution in [3.05, 3.63) is 28.2 Å². The molecule has 2 N–H and O–H groups in total. The zero-order chi connectivity index (χ0) is 13.3. The lowest BCUT2D eigenvalue weighted by Crippen LogP contribution is -2.41. The Morgan fingerprint density at radius 2 is 2.17 bits per heavy atom. The molecule has 1 saturated heterocycles. The molecule has 0 radical (unpaired) electrons. The predicted octanol–water partition coefficient (Wildman–Crippen LogP) is 3.71. The van der Waals surface area contributed by atoms with Gasteiger partial charge in [0.05, 0.1) is 0 Å². The van der Waals surface area contributed by atoms with Crippen molar-refractivity contribution in [3.63, 3.8) is 0 Å². The molecule has 2 rings (SSSR count). The van der Waals surface area contributed by atoms with Crippen LogP contribution in [0.15, 0.2) is 22.7 Å². The Labute approximate surface area is 123 Å². The molecule has 1 heterocycles. The van der Waals surface area contributed by atoms with Crippen LogP contribution >= 0.6 is 28.1 Å². The molecule has 0 atom stereocenters. The van der Waals surface area contributed by atoms with E-state index in [0.29, 0.717) is 10.4 Å². The van der Waals surface area contributed by atoms with Gasteiger partial charge in [-0.15, -0.1) is 0 Å². The van der Waals surface area contributed by atoms with Crippen molar-refractivity contribution in [3.8, 4) is 0 Å². The van der Waals surface area contributed by atoms with Crippen LogP contribution in [0.25, 0.3) is 0 Å². The lowest BCUT2D eigenvalue weighted by Gasteiger charge is -2.40. The maximum Gasteiger partial charge on any atom is 0.106 e. The van der Waals surface area contributed by atoms with E-state index in [9.17, 15) is 0 Å². The van der Waals surface area contributed by atoms with Gasteiger partial charge < -0.3 is 10.6 Å². The smallest absolute Gasteiger partial charge is 0.106 e. The Balaban J connectivity index is 2.37. The van der Waals surface area contributed by atoms with Gasteiger partial charge in [0, 0.05) is 28.8 Å². The maximum atomic E-state index is 5.83. The zero-order valence-corrected chi connectivity index (χ0v) is 13.3. The third-order valence-corrected chi connectivity index (χ3v) is 4.18. The maximum absolute atomic E-state index is 5.83. The number of piperidine rings is 1. The van der Waals surface area contributed by atoms with Gasteiger partial charge in [0.1, 0.15) is 4.99 Å². The largest absolute Gasteiger partial charge is 0.389 e. The first kappa shape index (κ1) is 13.8. The van der Waals surface area contributed by atoms with E-state index in [2.05, 4.69) is 40.7 Å². The molecule has 1 fully saturated rings. The lowest BCUT2D eigenvalue weighted by atomic mass is 9.84. The Morgan fingerprint density at radius 3 is 2.78 bits per heavy atom. The van der Waals surface area contributed by atoms with Crippen LogP contribution < -0.4 is 10.6 Å². The molecule has 4 heteroatoms. The van der Waals surface area contributed by atoms with E-state index in [-0.39, 0.29) is 0 Å². The Morgan fingerprint density at radius 1 is 1.44 bits per heavy atom. The molecule has 18 heavy (non-hydrogen) atoms. The van der Waals surface area contributed by atoms with Crippen LogP contribution in [0.1, 0.15) is 32.3 Å². The molecule has 1 aromatic carbocycles. The molecule has 0 aliphatic carbocycles. The van der Waals surface area contributed by atoms with Gasteiger partial charge in [0.15, 0.2) is 0 Å². The van der Waals surface area contributed by atoms with Gasteiger partial charge in [-0.25, -0.2) is 0 Å². The highest BCUT2D eigenvalue weighted by Crippen LogP contribution is 2.34. The minimum atomic E-state index is 0.355. The van der Waals surface area contributed by atoms with E-state index >= 15 is 0 Å². The van der Waals surface area contributed by atoms with Gasteiger partial charge >= 0.3 is 0 Å². The SMILES string of the molecule is CC1(C)CCCN(c2cc(Br)ccc2C(N)=S)C1. The van der Waals surface area contributed by atoms with Crippen molar-refractivity contribution < 1.29 is 0 Å². The number of nitrogens with two attached hydrogens (primary N) is 1. The highest BCUT2D eigenvalue weighted by Gasteiger charge is 2.27. The molecule has 1 aliphatic heterocycles. The molecule has 0 saturated carbocycles. The topological polar surface area (TPSA) is 29.3 Å². The molecule has 2 nitrogen and oxygen atoms in total. The molecule has 1 aromatic rings. The number of hydrogen-bond acceptors (Lipinski definition) is 2. The fourth-order valence-electron chi connectivity index (χ4n) is 2.60. The minimum Gasteiger partial charge on any atom is -0.389 e. The number of rotatable bonds is 2. The summed E-state index contributed by atoms with van der Waals surface area (Å²) < 4.78 is 1.07. The highest BCUT2D eigenvalue weighted by molar-refractivity contribution is 9.10. The normalized spacial score (nSPS) is 18.7. The van der Waals surface area contributed by atoms with Crippen LogP contribution in [0.5, 0.6) is 0 Å². The number of halogens is 1. The second kappa shape index (κ2) is 5.17. The minimum absolute atomic E-state index is 0.355. The van der Waals surface area contributed by atoms with Gasteiger partial charge in [0.2, 0.25) is 0 Å². The first-order valence-corrected chi connectivity index (χ1v) is 7.43. The van der Waals surface area contributed by atoms with Crippen molar-refractivity contribution >= 4 is 38.8 Å². The summed E-state index contributed by atoms with van der Waals surface area (Å²) in [6, 6.07) is 6.12. The summed E-state index contributed by atoms with van der Waals surface area (Å²) in [6.45, 7) is 6.77. The van der Waals surface area contributed by atoms with Gasteiger partial charge in [0.25, 0.3) is 0 Å².